The van der Waals surface area contributed by atoms with Gasteiger partial charge in [-0.2, -0.15) is 5.10 Å². The number of rotatable bonds is 6. The molecule has 0 aliphatic carbocycles. The Bertz CT molecular complexity index is 1430. The highest BCUT2D eigenvalue weighted by Gasteiger charge is 2.23. The maximum Gasteiger partial charge on any atom is 0.421 e. The molecule has 0 saturated heterocycles. The lowest BCUT2D eigenvalue weighted by atomic mass is 10.0. The summed E-state index contributed by atoms with van der Waals surface area (Å²) in [5.41, 5.74) is 5.82. The van der Waals surface area contributed by atoms with Crippen molar-refractivity contribution in [2.45, 2.75) is 25.7 Å². The van der Waals surface area contributed by atoms with Crippen LogP contribution >= 0.6 is 0 Å². The molecule has 0 saturated carbocycles. The number of aromatic nitrogens is 2. The van der Waals surface area contributed by atoms with Crippen molar-refractivity contribution in [1.29, 1.82) is 0 Å². The molecule has 0 bridgehead atoms. The Morgan fingerprint density at radius 2 is 1.65 bits per heavy atom. The standard InChI is InChI=1S/C26H25N3O4S/c1-4-33-26(30)28-34(31,32)25-15-10-18(2)16-23(25)20-11-13-22(14-12-20)29-19(3)17-24(27-29)21-8-6-5-7-9-21/h5-17H,4H2,1-3H3,(H,28,30). The van der Waals surface area contributed by atoms with Gasteiger partial charge >= 0.3 is 6.09 Å². The quantitative estimate of drug-likeness (QED) is 0.411. The maximum atomic E-state index is 12.9. The summed E-state index contributed by atoms with van der Waals surface area (Å²) in [5, 5.41) is 4.73. The van der Waals surface area contributed by atoms with Crippen molar-refractivity contribution in [3.05, 3.63) is 90.1 Å². The molecule has 3 aromatic carbocycles. The Hall–Kier alpha value is -3.91. The minimum atomic E-state index is -4.12. The Kier molecular flexibility index (Phi) is 6.51. The second kappa shape index (κ2) is 9.52. The van der Waals surface area contributed by atoms with Crippen molar-refractivity contribution < 1.29 is 17.9 Å². The van der Waals surface area contributed by atoms with Crippen molar-refractivity contribution >= 4 is 16.1 Å². The third-order valence-electron chi connectivity index (χ3n) is 5.30. The van der Waals surface area contributed by atoms with Crippen LogP contribution in [0.5, 0.6) is 0 Å². The van der Waals surface area contributed by atoms with Crippen LogP contribution < -0.4 is 4.72 Å². The molecular formula is C26H25N3O4S. The summed E-state index contributed by atoms with van der Waals surface area (Å²) in [6.45, 7) is 5.54. The fraction of sp³-hybridized carbons (Fsp3) is 0.154. The van der Waals surface area contributed by atoms with E-state index in [1.807, 2.05) is 83.9 Å². The molecule has 34 heavy (non-hydrogen) atoms. The number of amides is 1. The first-order valence-corrected chi connectivity index (χ1v) is 12.3. The van der Waals surface area contributed by atoms with Crippen LogP contribution in [0.3, 0.4) is 0 Å². The molecule has 0 fully saturated rings. The van der Waals surface area contributed by atoms with Crippen LogP contribution in [-0.2, 0) is 14.8 Å². The number of carbonyl (C=O) groups is 1. The summed E-state index contributed by atoms with van der Waals surface area (Å²) in [7, 11) is -4.12. The van der Waals surface area contributed by atoms with E-state index >= 15 is 0 Å². The van der Waals surface area contributed by atoms with E-state index in [-0.39, 0.29) is 11.5 Å². The van der Waals surface area contributed by atoms with Gasteiger partial charge in [0.25, 0.3) is 10.0 Å². The van der Waals surface area contributed by atoms with E-state index in [2.05, 4.69) is 0 Å². The molecule has 4 aromatic rings. The predicted octanol–water partition coefficient (Wildman–Crippen LogP) is 5.26. The number of sulfonamides is 1. The van der Waals surface area contributed by atoms with Gasteiger partial charge in [-0.25, -0.2) is 22.6 Å². The average molecular weight is 476 g/mol. The van der Waals surface area contributed by atoms with Gasteiger partial charge in [-0.15, -0.1) is 0 Å². The molecule has 1 N–H and O–H groups in total. The summed E-state index contributed by atoms with van der Waals surface area (Å²) in [6.07, 6.45) is -1.01. The van der Waals surface area contributed by atoms with Crippen molar-refractivity contribution in [3.63, 3.8) is 0 Å². The zero-order valence-electron chi connectivity index (χ0n) is 19.1. The molecule has 0 spiro atoms. The topological polar surface area (TPSA) is 90.3 Å². The molecule has 0 unspecified atom stereocenters. The van der Waals surface area contributed by atoms with Crippen molar-refractivity contribution in [2.75, 3.05) is 6.61 Å². The fourth-order valence-electron chi connectivity index (χ4n) is 3.70. The van der Waals surface area contributed by atoms with Gasteiger partial charge in [0.2, 0.25) is 0 Å². The van der Waals surface area contributed by atoms with Gasteiger partial charge in [0.1, 0.15) is 0 Å². The van der Waals surface area contributed by atoms with E-state index in [0.717, 1.165) is 28.2 Å². The second-order valence-electron chi connectivity index (χ2n) is 7.82. The van der Waals surface area contributed by atoms with Gasteiger partial charge in [0.05, 0.1) is 22.9 Å². The number of aryl methyl sites for hydroxylation is 2. The number of hydrogen-bond acceptors (Lipinski definition) is 5. The van der Waals surface area contributed by atoms with Gasteiger partial charge in [-0.1, -0.05) is 60.2 Å². The SMILES string of the molecule is CCOC(=O)NS(=O)(=O)c1ccc(C)cc1-c1ccc(-n2nc(-c3ccccc3)cc2C)cc1. The number of hydrogen-bond donors (Lipinski definition) is 1. The summed E-state index contributed by atoms with van der Waals surface area (Å²) < 4.78 is 34.3. The van der Waals surface area contributed by atoms with Crippen molar-refractivity contribution in [3.8, 4) is 28.1 Å². The highest BCUT2D eigenvalue weighted by Crippen LogP contribution is 2.30. The lowest BCUT2D eigenvalue weighted by molar-refractivity contribution is 0.158. The molecule has 4 rings (SSSR count). The first kappa shape index (κ1) is 23.3. The summed E-state index contributed by atoms with van der Waals surface area (Å²) in [4.78, 5) is 11.8. The van der Waals surface area contributed by atoms with Crippen LogP contribution in [0.15, 0.2) is 83.8 Å². The predicted molar refractivity (Wildman–Crippen MR) is 131 cm³/mol. The molecule has 1 aromatic heterocycles. The number of benzene rings is 3. The molecular weight excluding hydrogens is 450 g/mol. The molecule has 174 valence electrons. The van der Waals surface area contributed by atoms with E-state index in [4.69, 9.17) is 9.84 Å². The number of carbonyl (C=O) groups excluding carboxylic acids is 1. The van der Waals surface area contributed by atoms with E-state index in [1.165, 1.54) is 6.07 Å². The Balaban J connectivity index is 1.69. The molecule has 0 aliphatic heterocycles. The third kappa shape index (κ3) is 4.87. The molecule has 0 radical (unpaired) electrons. The van der Waals surface area contributed by atoms with E-state index in [9.17, 15) is 13.2 Å². The number of nitrogens with zero attached hydrogens (tertiary/aromatic N) is 2. The molecule has 1 amide bonds. The fourth-order valence-corrected chi connectivity index (χ4v) is 4.80. The minimum absolute atomic E-state index is 0.000497. The zero-order valence-corrected chi connectivity index (χ0v) is 20.0. The van der Waals surface area contributed by atoms with Crippen molar-refractivity contribution in [2.24, 2.45) is 0 Å². The molecule has 7 nitrogen and oxygen atoms in total. The Morgan fingerprint density at radius 1 is 0.941 bits per heavy atom. The van der Waals surface area contributed by atoms with Gasteiger partial charge in [0, 0.05) is 16.8 Å². The summed E-state index contributed by atoms with van der Waals surface area (Å²) >= 11 is 0. The lowest BCUT2D eigenvalue weighted by Gasteiger charge is -2.13. The van der Waals surface area contributed by atoms with Crippen LogP contribution in [0.25, 0.3) is 28.1 Å². The summed E-state index contributed by atoms with van der Waals surface area (Å²) in [6, 6.07) is 24.4. The molecule has 0 atom stereocenters. The smallest absolute Gasteiger partial charge is 0.421 e. The maximum absolute atomic E-state index is 12.9. The number of ether oxygens (including phenoxy) is 1. The third-order valence-corrected chi connectivity index (χ3v) is 6.67. The van der Waals surface area contributed by atoms with Crippen LogP contribution in [0, 0.1) is 13.8 Å². The zero-order chi connectivity index (χ0) is 24.3. The average Bonchev–Trinajstić information content (AvgIpc) is 3.21. The molecule has 1 heterocycles. The Morgan fingerprint density at radius 3 is 2.32 bits per heavy atom. The highest BCUT2D eigenvalue weighted by molar-refractivity contribution is 7.90. The number of nitrogens with one attached hydrogen (secondary N) is 1. The summed E-state index contributed by atoms with van der Waals surface area (Å²) in [5.74, 6) is 0. The van der Waals surface area contributed by atoms with E-state index in [1.54, 1.807) is 19.1 Å². The first-order chi connectivity index (χ1) is 16.3. The van der Waals surface area contributed by atoms with E-state index in [0.29, 0.717) is 11.1 Å². The minimum Gasteiger partial charge on any atom is -0.449 e. The largest absolute Gasteiger partial charge is 0.449 e. The van der Waals surface area contributed by atoms with Crippen LogP contribution in [0.4, 0.5) is 4.79 Å². The monoisotopic (exact) mass is 475 g/mol. The normalized spacial score (nSPS) is 11.3. The van der Waals surface area contributed by atoms with E-state index < -0.39 is 16.1 Å². The highest BCUT2D eigenvalue weighted by atomic mass is 32.2. The van der Waals surface area contributed by atoms with Crippen LogP contribution in [0.2, 0.25) is 0 Å². The van der Waals surface area contributed by atoms with Crippen LogP contribution in [-0.4, -0.2) is 30.9 Å². The van der Waals surface area contributed by atoms with Crippen molar-refractivity contribution in [1.82, 2.24) is 14.5 Å². The van der Waals surface area contributed by atoms with Gasteiger partial charge in [-0.05, 0) is 50.6 Å². The Labute approximate surface area is 199 Å². The van der Waals surface area contributed by atoms with Gasteiger partial charge in [-0.3, -0.25) is 0 Å². The lowest BCUT2D eigenvalue weighted by Crippen LogP contribution is -2.31. The second-order valence-corrected chi connectivity index (χ2v) is 9.47. The first-order valence-electron chi connectivity index (χ1n) is 10.8. The van der Waals surface area contributed by atoms with Gasteiger partial charge in [0.15, 0.2) is 0 Å². The van der Waals surface area contributed by atoms with Gasteiger partial charge < -0.3 is 4.74 Å². The van der Waals surface area contributed by atoms with Crippen LogP contribution in [0.1, 0.15) is 18.2 Å². The molecule has 8 heteroatoms. The molecule has 0 aliphatic rings.